The van der Waals surface area contributed by atoms with Gasteiger partial charge in [-0.1, -0.05) is 18.9 Å². The molecular weight excluding hydrogens is 275 g/mol. The molecule has 1 aromatic carbocycles. The molecule has 1 aliphatic carbocycles. The van der Waals surface area contributed by atoms with Crippen LogP contribution in [0, 0.1) is 18.2 Å². The predicted molar refractivity (Wildman–Crippen MR) is 76.7 cm³/mol. The van der Waals surface area contributed by atoms with E-state index in [0.29, 0.717) is 12.8 Å². The Morgan fingerprint density at radius 2 is 2.00 bits per heavy atom. The lowest BCUT2D eigenvalue weighted by atomic mass is 9.86. The molecular formula is C15H19FN2O3. The zero-order valence-electron chi connectivity index (χ0n) is 11.9. The molecule has 3 N–H and O–H groups in total. The first-order valence-corrected chi connectivity index (χ1v) is 6.97. The Labute approximate surface area is 122 Å². The van der Waals surface area contributed by atoms with Crippen LogP contribution in [0.2, 0.25) is 0 Å². The van der Waals surface area contributed by atoms with Crippen molar-refractivity contribution in [3.63, 3.8) is 0 Å². The second kappa shape index (κ2) is 6.11. The van der Waals surface area contributed by atoms with E-state index in [1.807, 2.05) is 0 Å². The number of rotatable bonds is 4. The first-order valence-electron chi connectivity index (χ1n) is 6.97. The van der Waals surface area contributed by atoms with Gasteiger partial charge < -0.3 is 15.7 Å². The van der Waals surface area contributed by atoms with Gasteiger partial charge in [-0.2, -0.15) is 0 Å². The molecule has 0 radical (unpaired) electrons. The number of aliphatic carboxylic acids is 1. The summed E-state index contributed by atoms with van der Waals surface area (Å²) in [7, 11) is 0. The maximum Gasteiger partial charge on any atom is 0.319 e. The van der Waals surface area contributed by atoms with Crippen LogP contribution in [0.1, 0.15) is 31.2 Å². The first kappa shape index (κ1) is 15.3. The van der Waals surface area contributed by atoms with Gasteiger partial charge in [0.2, 0.25) is 0 Å². The fraction of sp³-hybridized carbons (Fsp3) is 0.467. The molecule has 0 heterocycles. The summed E-state index contributed by atoms with van der Waals surface area (Å²) < 4.78 is 13.6. The van der Waals surface area contributed by atoms with E-state index in [-0.39, 0.29) is 12.2 Å². The van der Waals surface area contributed by atoms with E-state index < -0.39 is 23.2 Å². The Bertz CT molecular complexity index is 554. The van der Waals surface area contributed by atoms with Crippen molar-refractivity contribution in [2.45, 2.75) is 32.6 Å². The van der Waals surface area contributed by atoms with Gasteiger partial charge in [0.15, 0.2) is 0 Å². The molecule has 0 bridgehead atoms. The molecule has 5 nitrogen and oxygen atoms in total. The van der Waals surface area contributed by atoms with Crippen LogP contribution in [0.4, 0.5) is 14.9 Å². The molecule has 6 heteroatoms. The zero-order valence-corrected chi connectivity index (χ0v) is 11.9. The van der Waals surface area contributed by atoms with Gasteiger partial charge in [-0.15, -0.1) is 0 Å². The molecule has 2 rings (SSSR count). The summed E-state index contributed by atoms with van der Waals surface area (Å²) in [6.45, 7) is 1.81. The second-order valence-electron chi connectivity index (χ2n) is 5.58. The number of carboxylic acid groups (broad SMARTS) is 1. The van der Waals surface area contributed by atoms with Gasteiger partial charge in [-0.25, -0.2) is 9.18 Å². The number of anilines is 1. The van der Waals surface area contributed by atoms with E-state index in [1.54, 1.807) is 13.0 Å². The van der Waals surface area contributed by atoms with Crippen molar-refractivity contribution < 1.29 is 19.1 Å². The van der Waals surface area contributed by atoms with E-state index in [9.17, 15) is 19.1 Å². The summed E-state index contributed by atoms with van der Waals surface area (Å²) in [5, 5.41) is 14.2. The average Bonchev–Trinajstić information content (AvgIpc) is 2.90. The number of aryl methyl sites for hydroxylation is 1. The fourth-order valence-corrected chi connectivity index (χ4v) is 2.66. The maximum absolute atomic E-state index is 13.6. The van der Waals surface area contributed by atoms with Crippen molar-refractivity contribution in [2.75, 3.05) is 11.9 Å². The molecule has 1 aliphatic rings. The number of carbonyl (C=O) groups is 2. The van der Waals surface area contributed by atoms with Gasteiger partial charge in [-0.05, 0) is 37.5 Å². The van der Waals surface area contributed by atoms with Crippen LogP contribution in [0.5, 0.6) is 0 Å². The minimum atomic E-state index is -0.887. The van der Waals surface area contributed by atoms with Crippen molar-refractivity contribution in [3.05, 3.63) is 29.6 Å². The van der Waals surface area contributed by atoms with E-state index in [0.717, 1.165) is 18.4 Å². The average molecular weight is 294 g/mol. The number of benzene rings is 1. The largest absolute Gasteiger partial charge is 0.481 e. The molecule has 2 amide bonds. The lowest BCUT2D eigenvalue weighted by Gasteiger charge is -2.24. The lowest BCUT2D eigenvalue weighted by Crippen LogP contribution is -2.42. The highest BCUT2D eigenvalue weighted by molar-refractivity contribution is 5.90. The standard InChI is InChI=1S/C15H19FN2O3/c1-10-4-5-12(11(16)8-10)18-14(21)17-9-15(13(19)20)6-2-3-7-15/h4-5,8H,2-3,6-7,9H2,1H3,(H,19,20)(H2,17,18,21). The molecule has 0 spiro atoms. The molecule has 0 atom stereocenters. The van der Waals surface area contributed by atoms with E-state index in [2.05, 4.69) is 10.6 Å². The highest BCUT2D eigenvalue weighted by Crippen LogP contribution is 2.37. The Kier molecular flexibility index (Phi) is 4.45. The Morgan fingerprint density at radius 3 is 2.57 bits per heavy atom. The topological polar surface area (TPSA) is 78.4 Å². The molecule has 114 valence electrons. The van der Waals surface area contributed by atoms with Gasteiger partial charge in [0.25, 0.3) is 0 Å². The third-order valence-corrected chi connectivity index (χ3v) is 3.97. The molecule has 21 heavy (non-hydrogen) atoms. The van der Waals surface area contributed by atoms with Crippen LogP contribution in [-0.2, 0) is 4.79 Å². The fourth-order valence-electron chi connectivity index (χ4n) is 2.66. The summed E-state index contributed by atoms with van der Waals surface area (Å²) in [4.78, 5) is 23.1. The van der Waals surface area contributed by atoms with E-state index >= 15 is 0 Å². The van der Waals surface area contributed by atoms with Gasteiger partial charge in [0, 0.05) is 6.54 Å². The summed E-state index contributed by atoms with van der Waals surface area (Å²) >= 11 is 0. The second-order valence-corrected chi connectivity index (χ2v) is 5.58. The van der Waals surface area contributed by atoms with Crippen molar-refractivity contribution in [3.8, 4) is 0 Å². The highest BCUT2D eigenvalue weighted by Gasteiger charge is 2.41. The van der Waals surface area contributed by atoms with Crippen LogP contribution < -0.4 is 10.6 Å². The highest BCUT2D eigenvalue weighted by atomic mass is 19.1. The predicted octanol–water partition coefficient (Wildman–Crippen LogP) is 2.90. The normalized spacial score (nSPS) is 16.5. The molecule has 1 aromatic rings. The van der Waals surface area contributed by atoms with Crippen molar-refractivity contribution >= 4 is 17.7 Å². The molecule has 1 fully saturated rings. The van der Waals surface area contributed by atoms with Crippen LogP contribution in [0.15, 0.2) is 18.2 Å². The number of hydrogen-bond acceptors (Lipinski definition) is 2. The summed E-state index contributed by atoms with van der Waals surface area (Å²) in [6, 6.07) is 3.90. The van der Waals surface area contributed by atoms with Gasteiger partial charge >= 0.3 is 12.0 Å². The number of urea groups is 1. The van der Waals surface area contributed by atoms with Crippen LogP contribution >= 0.6 is 0 Å². The Morgan fingerprint density at radius 1 is 1.33 bits per heavy atom. The monoisotopic (exact) mass is 294 g/mol. The minimum absolute atomic E-state index is 0.0572. The first-order chi connectivity index (χ1) is 9.93. The van der Waals surface area contributed by atoms with E-state index in [4.69, 9.17) is 0 Å². The van der Waals surface area contributed by atoms with Gasteiger partial charge in [0.05, 0.1) is 11.1 Å². The van der Waals surface area contributed by atoms with Crippen molar-refractivity contribution in [2.24, 2.45) is 5.41 Å². The van der Waals surface area contributed by atoms with Crippen molar-refractivity contribution in [1.82, 2.24) is 5.32 Å². The number of carbonyl (C=O) groups excluding carboxylic acids is 1. The smallest absolute Gasteiger partial charge is 0.319 e. The molecule has 1 saturated carbocycles. The number of halogens is 1. The van der Waals surface area contributed by atoms with Gasteiger partial charge in [-0.3, -0.25) is 4.79 Å². The summed E-state index contributed by atoms with van der Waals surface area (Å²) in [5.41, 5.74) is -0.0495. The maximum atomic E-state index is 13.6. The summed E-state index contributed by atoms with van der Waals surface area (Å²) in [6.07, 6.45) is 2.81. The van der Waals surface area contributed by atoms with Crippen LogP contribution in [-0.4, -0.2) is 23.7 Å². The minimum Gasteiger partial charge on any atom is -0.481 e. The van der Waals surface area contributed by atoms with Crippen LogP contribution in [0.3, 0.4) is 0 Å². The third kappa shape index (κ3) is 3.51. The quantitative estimate of drug-likeness (QED) is 0.799. The number of carboxylic acids is 1. The number of nitrogens with one attached hydrogen (secondary N) is 2. The van der Waals surface area contributed by atoms with Gasteiger partial charge in [0.1, 0.15) is 5.82 Å². The SMILES string of the molecule is Cc1ccc(NC(=O)NCC2(C(=O)O)CCCC2)c(F)c1. The van der Waals surface area contributed by atoms with E-state index in [1.165, 1.54) is 12.1 Å². The van der Waals surface area contributed by atoms with Crippen LogP contribution in [0.25, 0.3) is 0 Å². The molecule has 0 unspecified atom stereocenters. The Balaban J connectivity index is 1.94. The Hall–Kier alpha value is -2.11. The summed E-state index contributed by atoms with van der Waals surface area (Å²) in [5.74, 6) is -1.40. The third-order valence-electron chi connectivity index (χ3n) is 3.97. The number of amides is 2. The number of hydrogen-bond donors (Lipinski definition) is 3. The van der Waals surface area contributed by atoms with Crippen molar-refractivity contribution in [1.29, 1.82) is 0 Å². The molecule has 0 aliphatic heterocycles. The lowest BCUT2D eigenvalue weighted by molar-refractivity contribution is -0.148. The molecule has 0 saturated heterocycles. The zero-order chi connectivity index (χ0) is 15.5. The molecule has 0 aromatic heterocycles.